The molecular formula is C26H31ClN2. The van der Waals surface area contributed by atoms with Gasteiger partial charge in [-0.2, -0.15) is 0 Å². The summed E-state index contributed by atoms with van der Waals surface area (Å²) in [4.78, 5) is 5.29. The Morgan fingerprint density at radius 3 is 2.07 bits per heavy atom. The van der Waals surface area contributed by atoms with Crippen LogP contribution in [0.5, 0.6) is 0 Å². The second kappa shape index (κ2) is 9.30. The Morgan fingerprint density at radius 2 is 1.31 bits per heavy atom. The number of benzene rings is 3. The first-order chi connectivity index (χ1) is 13.9. The van der Waals surface area contributed by atoms with Gasteiger partial charge in [0, 0.05) is 19.6 Å². The number of piperidine rings is 1. The molecule has 5 rings (SSSR count). The van der Waals surface area contributed by atoms with E-state index >= 15 is 0 Å². The van der Waals surface area contributed by atoms with Crippen LogP contribution in [0.1, 0.15) is 41.9 Å². The number of likely N-dealkylation sites (tertiary alicyclic amines) is 1. The van der Waals surface area contributed by atoms with Crippen molar-refractivity contribution in [3.63, 3.8) is 0 Å². The Morgan fingerprint density at radius 1 is 0.690 bits per heavy atom. The summed E-state index contributed by atoms with van der Waals surface area (Å²) >= 11 is 0. The molecule has 0 N–H and O–H groups in total. The van der Waals surface area contributed by atoms with E-state index in [0.717, 1.165) is 19.0 Å². The fraction of sp³-hybridized carbons (Fsp3) is 0.385. The second-order valence-electron chi connectivity index (χ2n) is 8.52. The number of fused-ring (bicyclic) bond motifs is 2. The van der Waals surface area contributed by atoms with Gasteiger partial charge in [-0.3, -0.25) is 4.90 Å². The minimum atomic E-state index is 0. The van der Waals surface area contributed by atoms with Crippen LogP contribution in [0.3, 0.4) is 0 Å². The zero-order chi connectivity index (χ0) is 18.8. The molecule has 0 bridgehead atoms. The van der Waals surface area contributed by atoms with E-state index < -0.39 is 0 Å². The van der Waals surface area contributed by atoms with E-state index in [2.05, 4.69) is 76.5 Å². The molecule has 3 heteroatoms. The lowest BCUT2D eigenvalue weighted by molar-refractivity contribution is 0.192. The third kappa shape index (κ3) is 4.50. The van der Waals surface area contributed by atoms with E-state index in [0.29, 0.717) is 0 Å². The normalized spacial score (nSPS) is 17.9. The van der Waals surface area contributed by atoms with E-state index in [1.807, 2.05) is 0 Å². The van der Waals surface area contributed by atoms with Crippen molar-refractivity contribution in [2.75, 3.05) is 26.2 Å². The highest BCUT2D eigenvalue weighted by molar-refractivity contribution is 5.86. The lowest BCUT2D eigenvalue weighted by Gasteiger charge is -2.33. The van der Waals surface area contributed by atoms with Crippen LogP contribution >= 0.6 is 12.4 Å². The molecule has 1 saturated heterocycles. The number of hydrogen-bond donors (Lipinski definition) is 0. The molecule has 2 aliphatic heterocycles. The summed E-state index contributed by atoms with van der Waals surface area (Å²) in [5.74, 6) is 0.718. The maximum Gasteiger partial charge on any atom is 0.0240 e. The van der Waals surface area contributed by atoms with Crippen LogP contribution in [-0.2, 0) is 13.1 Å². The molecule has 3 aromatic carbocycles. The number of nitrogens with zero attached hydrogens (tertiary/aromatic N) is 2. The number of halogens is 1. The van der Waals surface area contributed by atoms with Crippen LogP contribution in [0.25, 0.3) is 10.8 Å². The van der Waals surface area contributed by atoms with Gasteiger partial charge in [0.15, 0.2) is 0 Å². The zero-order valence-corrected chi connectivity index (χ0v) is 17.9. The van der Waals surface area contributed by atoms with Gasteiger partial charge >= 0.3 is 0 Å². The third-order valence-electron chi connectivity index (χ3n) is 6.71. The Bertz CT molecular complexity index is 916. The van der Waals surface area contributed by atoms with Crippen molar-refractivity contribution < 1.29 is 0 Å². The molecule has 2 aliphatic rings. The summed E-state index contributed by atoms with van der Waals surface area (Å²) < 4.78 is 0. The van der Waals surface area contributed by atoms with E-state index in [1.165, 1.54) is 67.3 Å². The highest BCUT2D eigenvalue weighted by atomic mass is 35.5. The molecule has 0 aliphatic carbocycles. The van der Waals surface area contributed by atoms with Crippen molar-refractivity contribution in [2.45, 2.75) is 38.3 Å². The Labute approximate surface area is 180 Å². The van der Waals surface area contributed by atoms with Crippen LogP contribution in [0.15, 0.2) is 66.7 Å². The summed E-state index contributed by atoms with van der Waals surface area (Å²) in [5, 5.41) is 2.84. The summed E-state index contributed by atoms with van der Waals surface area (Å²) in [6, 6.07) is 24.6. The van der Waals surface area contributed by atoms with Crippen molar-refractivity contribution in [1.29, 1.82) is 0 Å². The Kier molecular flexibility index (Phi) is 6.54. The van der Waals surface area contributed by atoms with Crippen LogP contribution in [0.4, 0.5) is 0 Å². The highest BCUT2D eigenvalue weighted by Crippen LogP contribution is 2.33. The number of hydrogen-bond acceptors (Lipinski definition) is 2. The molecule has 0 spiro atoms. The molecule has 0 saturated carbocycles. The van der Waals surface area contributed by atoms with Gasteiger partial charge in [0.2, 0.25) is 0 Å². The number of rotatable bonds is 5. The molecule has 0 aromatic heterocycles. The van der Waals surface area contributed by atoms with Crippen molar-refractivity contribution >= 4 is 23.2 Å². The average Bonchev–Trinajstić information content (AvgIpc) is 3.17. The lowest BCUT2D eigenvalue weighted by Crippen LogP contribution is -2.35. The van der Waals surface area contributed by atoms with Gasteiger partial charge in [-0.1, -0.05) is 66.7 Å². The quantitative estimate of drug-likeness (QED) is 0.524. The molecule has 2 nitrogen and oxygen atoms in total. The van der Waals surface area contributed by atoms with E-state index in [4.69, 9.17) is 0 Å². The average molecular weight is 407 g/mol. The minimum Gasteiger partial charge on any atom is -0.303 e. The molecule has 3 aromatic rings. The van der Waals surface area contributed by atoms with E-state index in [-0.39, 0.29) is 12.4 Å². The van der Waals surface area contributed by atoms with E-state index in [1.54, 1.807) is 5.56 Å². The maximum atomic E-state index is 2.69. The maximum absolute atomic E-state index is 2.69. The molecule has 0 atom stereocenters. The first-order valence-corrected chi connectivity index (χ1v) is 10.9. The molecule has 0 amide bonds. The van der Waals surface area contributed by atoms with Gasteiger partial charge in [0.1, 0.15) is 0 Å². The van der Waals surface area contributed by atoms with Crippen LogP contribution < -0.4 is 0 Å². The monoisotopic (exact) mass is 406 g/mol. The molecule has 0 radical (unpaired) electrons. The van der Waals surface area contributed by atoms with Gasteiger partial charge < -0.3 is 4.90 Å². The molecule has 2 heterocycles. The molecule has 152 valence electrons. The molecule has 29 heavy (non-hydrogen) atoms. The topological polar surface area (TPSA) is 6.48 Å². The standard InChI is InChI=1S/C26H30N2.ClH/c1-2-9-24-20-28(19-23(24)8-1)16-6-15-27-17-13-22(14-18-27)26-12-5-10-21-7-3-4-11-25(21)26;/h1-5,7-12,22H,6,13-20H2;1H. The van der Waals surface area contributed by atoms with Crippen LogP contribution in [0.2, 0.25) is 0 Å². The molecular weight excluding hydrogens is 376 g/mol. The molecule has 0 unspecified atom stereocenters. The van der Waals surface area contributed by atoms with E-state index in [9.17, 15) is 0 Å². The third-order valence-corrected chi connectivity index (χ3v) is 6.71. The van der Waals surface area contributed by atoms with Crippen molar-refractivity contribution in [2.24, 2.45) is 0 Å². The van der Waals surface area contributed by atoms with Gasteiger partial charge in [-0.15, -0.1) is 12.4 Å². The lowest BCUT2D eigenvalue weighted by atomic mass is 9.86. The van der Waals surface area contributed by atoms with Gasteiger partial charge in [0.05, 0.1) is 0 Å². The van der Waals surface area contributed by atoms with Gasteiger partial charge in [-0.25, -0.2) is 0 Å². The van der Waals surface area contributed by atoms with Gasteiger partial charge in [0.25, 0.3) is 0 Å². The van der Waals surface area contributed by atoms with Crippen molar-refractivity contribution in [3.8, 4) is 0 Å². The molecule has 1 fully saturated rings. The van der Waals surface area contributed by atoms with Gasteiger partial charge in [-0.05, 0) is 72.3 Å². The Hall–Kier alpha value is -1.87. The van der Waals surface area contributed by atoms with Crippen molar-refractivity contribution in [1.82, 2.24) is 9.80 Å². The largest absolute Gasteiger partial charge is 0.303 e. The first kappa shape index (κ1) is 20.4. The predicted octanol–water partition coefficient (Wildman–Crippen LogP) is 5.85. The second-order valence-corrected chi connectivity index (χ2v) is 8.52. The fourth-order valence-corrected chi connectivity index (χ4v) is 5.15. The summed E-state index contributed by atoms with van der Waals surface area (Å²) in [6.07, 6.45) is 3.87. The fourth-order valence-electron chi connectivity index (χ4n) is 5.15. The SMILES string of the molecule is Cl.c1ccc2c(c1)CN(CCCN1CCC(c3cccc4ccccc34)CC1)C2. The first-order valence-electron chi connectivity index (χ1n) is 10.9. The summed E-state index contributed by atoms with van der Waals surface area (Å²) in [7, 11) is 0. The smallest absolute Gasteiger partial charge is 0.0240 e. The highest BCUT2D eigenvalue weighted by Gasteiger charge is 2.22. The summed E-state index contributed by atoms with van der Waals surface area (Å²) in [5.41, 5.74) is 4.62. The zero-order valence-electron chi connectivity index (χ0n) is 17.1. The minimum absolute atomic E-state index is 0. The Balaban J connectivity index is 0.00000205. The van der Waals surface area contributed by atoms with Crippen molar-refractivity contribution in [3.05, 3.63) is 83.4 Å². The predicted molar refractivity (Wildman–Crippen MR) is 125 cm³/mol. The van der Waals surface area contributed by atoms with Crippen LogP contribution in [-0.4, -0.2) is 36.0 Å². The summed E-state index contributed by atoms with van der Waals surface area (Å²) in [6.45, 7) is 7.23. The van der Waals surface area contributed by atoms with Crippen LogP contribution in [0, 0.1) is 0 Å².